The number of nitrogens with zero attached hydrogens (tertiary/aromatic N) is 2. The molecule has 0 aromatic heterocycles. The number of aryl methyl sites for hydroxylation is 3. The third kappa shape index (κ3) is 4.32. The first-order chi connectivity index (χ1) is 14.0. The van der Waals surface area contributed by atoms with Crippen molar-refractivity contribution < 1.29 is 4.79 Å². The molecule has 4 heteroatoms. The van der Waals surface area contributed by atoms with Crippen LogP contribution in [0.2, 0.25) is 0 Å². The summed E-state index contributed by atoms with van der Waals surface area (Å²) in [5.74, 6) is 0.0231. The molecule has 0 radical (unpaired) electrons. The van der Waals surface area contributed by atoms with Crippen LogP contribution in [0.5, 0.6) is 0 Å². The molecule has 4 rings (SSSR count). The molecule has 2 aliphatic rings. The summed E-state index contributed by atoms with van der Waals surface area (Å²) in [6.07, 6.45) is 4.85. The fourth-order valence-electron chi connectivity index (χ4n) is 4.70. The molecule has 1 amide bonds. The zero-order valence-electron chi connectivity index (χ0n) is 18.0. The number of likely N-dealkylation sites (tertiary alicyclic amines) is 1. The van der Waals surface area contributed by atoms with Crippen molar-refractivity contribution in [1.29, 1.82) is 0 Å². The Balaban J connectivity index is 1.53. The topological polar surface area (TPSA) is 35.6 Å². The van der Waals surface area contributed by atoms with E-state index < -0.39 is 0 Å². The highest BCUT2D eigenvalue weighted by molar-refractivity contribution is 5.94. The number of carbonyl (C=O) groups excluding carboxylic acids is 1. The molecule has 1 unspecified atom stereocenters. The summed E-state index contributed by atoms with van der Waals surface area (Å²) in [6, 6.07) is 13.1. The smallest absolute Gasteiger partial charge is 0.251 e. The predicted molar refractivity (Wildman–Crippen MR) is 120 cm³/mol. The lowest BCUT2D eigenvalue weighted by molar-refractivity contribution is 0.0938. The summed E-state index contributed by atoms with van der Waals surface area (Å²) in [7, 11) is 2.18. The van der Waals surface area contributed by atoms with Gasteiger partial charge in [0.25, 0.3) is 5.91 Å². The lowest BCUT2D eigenvalue weighted by Gasteiger charge is -2.32. The van der Waals surface area contributed by atoms with Crippen LogP contribution in [0.15, 0.2) is 36.4 Å². The fourth-order valence-corrected chi connectivity index (χ4v) is 4.70. The third-order valence-electron chi connectivity index (χ3n) is 6.65. The van der Waals surface area contributed by atoms with Gasteiger partial charge in [-0.2, -0.15) is 0 Å². The zero-order valence-corrected chi connectivity index (χ0v) is 18.0. The summed E-state index contributed by atoms with van der Waals surface area (Å²) in [6.45, 7) is 8.15. The van der Waals surface area contributed by atoms with Gasteiger partial charge in [-0.15, -0.1) is 0 Å². The van der Waals surface area contributed by atoms with Gasteiger partial charge in [-0.3, -0.25) is 9.69 Å². The number of hydrogen-bond donors (Lipinski definition) is 1. The van der Waals surface area contributed by atoms with Crippen molar-refractivity contribution >= 4 is 11.6 Å². The number of anilines is 1. The third-order valence-corrected chi connectivity index (χ3v) is 6.65. The molecule has 1 saturated heterocycles. The molecule has 4 nitrogen and oxygen atoms in total. The monoisotopic (exact) mass is 391 g/mol. The molecule has 0 aliphatic carbocycles. The first kappa shape index (κ1) is 20.0. The molecule has 0 saturated carbocycles. The molecule has 2 aromatic carbocycles. The second-order valence-corrected chi connectivity index (χ2v) is 8.68. The second kappa shape index (κ2) is 8.58. The highest BCUT2D eigenvalue weighted by Crippen LogP contribution is 2.31. The number of hydrogen-bond acceptors (Lipinski definition) is 3. The Hall–Kier alpha value is -2.33. The normalized spacial score (nSPS) is 17.8. The van der Waals surface area contributed by atoms with E-state index >= 15 is 0 Å². The van der Waals surface area contributed by atoms with Gasteiger partial charge < -0.3 is 10.2 Å². The maximum atomic E-state index is 12.8. The molecule has 0 spiro atoms. The van der Waals surface area contributed by atoms with Crippen molar-refractivity contribution in [3.8, 4) is 0 Å². The van der Waals surface area contributed by atoms with Crippen LogP contribution in [0.4, 0.5) is 5.69 Å². The Morgan fingerprint density at radius 3 is 2.55 bits per heavy atom. The van der Waals surface area contributed by atoms with Crippen molar-refractivity contribution in [2.24, 2.45) is 0 Å². The van der Waals surface area contributed by atoms with Crippen LogP contribution in [0, 0.1) is 13.8 Å². The summed E-state index contributed by atoms with van der Waals surface area (Å²) in [5.41, 5.74) is 7.27. The van der Waals surface area contributed by atoms with Crippen LogP contribution in [0.25, 0.3) is 0 Å². The standard InChI is InChI=1S/C25H33N3O/c1-18-8-9-22(15-19(18)2)25(29)26-17-24(28-13-4-5-14-28)21-10-11-23-20(16-21)7-6-12-27(23)3/h8-11,15-16,24H,4-7,12-14,17H2,1-3H3,(H,26,29). The van der Waals surface area contributed by atoms with Gasteiger partial charge in [0, 0.05) is 31.4 Å². The molecule has 29 heavy (non-hydrogen) atoms. The maximum Gasteiger partial charge on any atom is 0.251 e. The fraction of sp³-hybridized carbons (Fsp3) is 0.480. The highest BCUT2D eigenvalue weighted by atomic mass is 16.1. The molecule has 1 atom stereocenters. The summed E-state index contributed by atoms with van der Waals surface area (Å²) in [5, 5.41) is 3.22. The van der Waals surface area contributed by atoms with Crippen LogP contribution in [0.3, 0.4) is 0 Å². The number of rotatable bonds is 5. The molecule has 0 bridgehead atoms. The van der Waals surface area contributed by atoms with Gasteiger partial charge in [-0.25, -0.2) is 0 Å². The molecular formula is C25H33N3O. The molecule has 2 aliphatic heterocycles. The largest absolute Gasteiger partial charge is 0.374 e. The Kier molecular flexibility index (Phi) is 5.91. The first-order valence-corrected chi connectivity index (χ1v) is 11.0. The van der Waals surface area contributed by atoms with Crippen LogP contribution in [-0.2, 0) is 6.42 Å². The molecule has 1 N–H and O–H groups in total. The van der Waals surface area contributed by atoms with Gasteiger partial charge in [-0.05, 0) is 93.1 Å². The van der Waals surface area contributed by atoms with E-state index in [9.17, 15) is 4.79 Å². The van der Waals surface area contributed by atoms with Gasteiger partial charge in [0.1, 0.15) is 0 Å². The Labute approximate surface area is 174 Å². The predicted octanol–water partition coefficient (Wildman–Crippen LogP) is 4.25. The van der Waals surface area contributed by atoms with Crippen molar-refractivity contribution in [2.45, 2.75) is 45.6 Å². The van der Waals surface area contributed by atoms with E-state index in [1.807, 2.05) is 18.2 Å². The van der Waals surface area contributed by atoms with Crippen molar-refractivity contribution in [1.82, 2.24) is 10.2 Å². The average molecular weight is 392 g/mol. The van der Waals surface area contributed by atoms with Crippen LogP contribution in [0.1, 0.15) is 57.9 Å². The average Bonchev–Trinajstić information content (AvgIpc) is 3.25. The van der Waals surface area contributed by atoms with E-state index in [0.717, 1.165) is 37.2 Å². The lowest BCUT2D eigenvalue weighted by atomic mass is 9.96. The molecular weight excluding hydrogens is 358 g/mol. The van der Waals surface area contributed by atoms with Gasteiger partial charge in [0.05, 0.1) is 6.04 Å². The SMILES string of the molecule is Cc1ccc(C(=O)NCC(c2ccc3c(c2)CCCN3C)N2CCCC2)cc1C. The van der Waals surface area contributed by atoms with Gasteiger partial charge in [0.2, 0.25) is 0 Å². The van der Waals surface area contributed by atoms with Crippen molar-refractivity contribution in [3.63, 3.8) is 0 Å². The highest BCUT2D eigenvalue weighted by Gasteiger charge is 2.25. The molecule has 154 valence electrons. The molecule has 2 heterocycles. The van der Waals surface area contributed by atoms with Crippen LogP contribution >= 0.6 is 0 Å². The summed E-state index contributed by atoms with van der Waals surface area (Å²) in [4.78, 5) is 17.7. The minimum Gasteiger partial charge on any atom is -0.374 e. The maximum absolute atomic E-state index is 12.8. The summed E-state index contributed by atoms with van der Waals surface area (Å²) >= 11 is 0. The Bertz CT molecular complexity index is 886. The second-order valence-electron chi connectivity index (χ2n) is 8.68. The number of benzene rings is 2. The minimum absolute atomic E-state index is 0.0231. The number of carbonyl (C=O) groups is 1. The van der Waals surface area contributed by atoms with E-state index in [-0.39, 0.29) is 11.9 Å². The Morgan fingerprint density at radius 2 is 1.79 bits per heavy atom. The van der Waals surface area contributed by atoms with Crippen LogP contribution in [-0.4, -0.2) is 44.0 Å². The Morgan fingerprint density at radius 1 is 1.00 bits per heavy atom. The number of amides is 1. The van der Waals surface area contributed by atoms with E-state index in [1.165, 1.54) is 41.6 Å². The van der Waals surface area contributed by atoms with Crippen molar-refractivity contribution in [3.05, 3.63) is 64.2 Å². The quantitative estimate of drug-likeness (QED) is 0.827. The van der Waals surface area contributed by atoms with Gasteiger partial charge in [-0.1, -0.05) is 18.2 Å². The van der Waals surface area contributed by atoms with E-state index in [1.54, 1.807) is 0 Å². The summed E-state index contributed by atoms with van der Waals surface area (Å²) < 4.78 is 0. The zero-order chi connectivity index (χ0) is 20.4. The van der Waals surface area contributed by atoms with Crippen molar-refractivity contribution in [2.75, 3.05) is 38.1 Å². The van der Waals surface area contributed by atoms with E-state index in [2.05, 4.69) is 54.2 Å². The molecule has 2 aromatic rings. The number of fused-ring (bicyclic) bond motifs is 1. The van der Waals surface area contributed by atoms with Gasteiger partial charge in [0.15, 0.2) is 0 Å². The first-order valence-electron chi connectivity index (χ1n) is 11.0. The minimum atomic E-state index is 0.0231. The van der Waals surface area contributed by atoms with Crippen LogP contribution < -0.4 is 10.2 Å². The molecule has 1 fully saturated rings. The van der Waals surface area contributed by atoms with E-state index in [4.69, 9.17) is 0 Å². The van der Waals surface area contributed by atoms with Gasteiger partial charge >= 0.3 is 0 Å². The number of nitrogens with one attached hydrogen (secondary N) is 1. The lowest BCUT2D eigenvalue weighted by Crippen LogP contribution is -2.37. The van der Waals surface area contributed by atoms with E-state index in [0.29, 0.717) is 6.54 Å².